The molecule has 4 rings (SSSR count). The fourth-order valence-electron chi connectivity index (χ4n) is 4.47. The van der Waals surface area contributed by atoms with Crippen LogP contribution in [0.2, 0.25) is 0 Å². The van der Waals surface area contributed by atoms with Gasteiger partial charge in [0.15, 0.2) is 0 Å². The molecule has 0 aliphatic heterocycles. The summed E-state index contributed by atoms with van der Waals surface area (Å²) in [6.07, 6.45) is 1.85. The van der Waals surface area contributed by atoms with Crippen molar-refractivity contribution in [3.63, 3.8) is 0 Å². The Kier molecular flexibility index (Phi) is 7.88. The number of likely N-dealkylation sites (N-methyl/N-ethyl adjacent to an activating group) is 1. The lowest BCUT2D eigenvalue weighted by Gasteiger charge is -2.19. The van der Waals surface area contributed by atoms with Crippen molar-refractivity contribution in [2.24, 2.45) is 0 Å². The first-order valence-electron chi connectivity index (χ1n) is 12.7. The quantitative estimate of drug-likeness (QED) is 0.360. The number of hydrogen-bond acceptors (Lipinski definition) is 6. The van der Waals surface area contributed by atoms with Crippen LogP contribution in [0.4, 0.5) is 5.69 Å². The smallest absolute Gasteiger partial charge is 0.254 e. The maximum Gasteiger partial charge on any atom is 0.254 e. The lowest BCUT2D eigenvalue weighted by Crippen LogP contribution is -2.27. The normalized spacial score (nSPS) is 11.4. The van der Waals surface area contributed by atoms with E-state index in [9.17, 15) is 4.79 Å². The first-order chi connectivity index (χ1) is 17.7. The predicted octanol–water partition coefficient (Wildman–Crippen LogP) is 4.68. The standard InChI is InChI=1S/C29H37N7O/c1-8-36-21(4)22(17-31-36)18-35(7)29(37)25-16-28(33-26-10-9-19(2)13-24(25)26)27-15-23(14-20(3)32-27)30-11-12-34(5)6/h9-10,13-17H,8,11-12,18H2,1-7H3,(H,30,32). The van der Waals surface area contributed by atoms with Gasteiger partial charge < -0.3 is 15.1 Å². The zero-order chi connectivity index (χ0) is 26.7. The molecule has 0 radical (unpaired) electrons. The van der Waals surface area contributed by atoms with Gasteiger partial charge in [0.2, 0.25) is 0 Å². The molecule has 0 saturated heterocycles. The molecule has 0 fully saturated rings. The second-order valence-electron chi connectivity index (χ2n) is 9.92. The Bertz CT molecular complexity index is 1420. The van der Waals surface area contributed by atoms with Crippen molar-refractivity contribution in [2.75, 3.05) is 39.5 Å². The van der Waals surface area contributed by atoms with Crippen molar-refractivity contribution in [1.82, 2.24) is 29.5 Å². The van der Waals surface area contributed by atoms with Gasteiger partial charge in [0, 0.05) is 61.3 Å². The van der Waals surface area contributed by atoms with Crippen LogP contribution in [-0.2, 0) is 13.1 Å². The van der Waals surface area contributed by atoms with Crippen LogP contribution in [0.25, 0.3) is 22.3 Å². The highest BCUT2D eigenvalue weighted by molar-refractivity contribution is 6.07. The molecule has 0 aliphatic rings. The van der Waals surface area contributed by atoms with Gasteiger partial charge in [0.05, 0.1) is 28.7 Å². The molecule has 1 amide bonds. The van der Waals surface area contributed by atoms with Gasteiger partial charge in [-0.15, -0.1) is 0 Å². The number of aromatic nitrogens is 4. The highest BCUT2D eigenvalue weighted by atomic mass is 16.2. The number of carbonyl (C=O) groups is 1. The van der Waals surface area contributed by atoms with Crippen LogP contribution in [0.1, 0.15) is 39.8 Å². The molecule has 0 unspecified atom stereocenters. The number of anilines is 1. The molecule has 0 bridgehead atoms. The van der Waals surface area contributed by atoms with Crippen molar-refractivity contribution in [3.8, 4) is 11.4 Å². The highest BCUT2D eigenvalue weighted by Crippen LogP contribution is 2.28. The molecule has 4 aromatic rings. The van der Waals surface area contributed by atoms with E-state index >= 15 is 0 Å². The molecule has 1 N–H and O–H groups in total. The molecular formula is C29H37N7O. The number of pyridine rings is 2. The second-order valence-corrected chi connectivity index (χ2v) is 9.92. The van der Waals surface area contributed by atoms with Crippen LogP contribution in [-0.4, -0.2) is 69.7 Å². The Morgan fingerprint density at radius 1 is 1.00 bits per heavy atom. The van der Waals surface area contributed by atoms with Crippen molar-refractivity contribution < 1.29 is 4.79 Å². The number of nitrogens with zero attached hydrogens (tertiary/aromatic N) is 6. The van der Waals surface area contributed by atoms with E-state index in [0.717, 1.165) is 64.4 Å². The molecule has 1 aromatic carbocycles. The summed E-state index contributed by atoms with van der Waals surface area (Å²) in [4.78, 5) is 27.4. The molecule has 0 atom stereocenters. The zero-order valence-corrected chi connectivity index (χ0v) is 23.0. The third kappa shape index (κ3) is 5.97. The van der Waals surface area contributed by atoms with E-state index in [1.54, 1.807) is 4.90 Å². The lowest BCUT2D eigenvalue weighted by molar-refractivity contribution is 0.0787. The van der Waals surface area contributed by atoms with Gasteiger partial charge in [-0.05, 0) is 72.1 Å². The Hall–Kier alpha value is -3.78. The minimum atomic E-state index is -0.0557. The molecule has 0 saturated carbocycles. The van der Waals surface area contributed by atoms with E-state index in [1.165, 1.54) is 0 Å². The van der Waals surface area contributed by atoms with E-state index in [2.05, 4.69) is 36.3 Å². The number of carbonyl (C=O) groups excluding carboxylic acids is 1. The Morgan fingerprint density at radius 3 is 2.46 bits per heavy atom. The van der Waals surface area contributed by atoms with Gasteiger partial charge in [-0.25, -0.2) is 4.98 Å². The first kappa shape index (κ1) is 26.3. The van der Waals surface area contributed by atoms with E-state index in [-0.39, 0.29) is 5.91 Å². The number of hydrogen-bond donors (Lipinski definition) is 1. The van der Waals surface area contributed by atoms with Gasteiger partial charge >= 0.3 is 0 Å². The average molecular weight is 500 g/mol. The summed E-state index contributed by atoms with van der Waals surface area (Å²) < 4.78 is 1.95. The predicted molar refractivity (Wildman–Crippen MR) is 150 cm³/mol. The van der Waals surface area contributed by atoms with Crippen LogP contribution in [0.5, 0.6) is 0 Å². The number of amides is 1. The van der Waals surface area contributed by atoms with E-state index in [0.29, 0.717) is 17.8 Å². The fourth-order valence-corrected chi connectivity index (χ4v) is 4.47. The van der Waals surface area contributed by atoms with Crippen LogP contribution in [0.3, 0.4) is 0 Å². The van der Waals surface area contributed by atoms with Gasteiger partial charge in [-0.2, -0.15) is 5.10 Å². The number of rotatable bonds is 9. The summed E-state index contributed by atoms with van der Waals surface area (Å²) in [5.74, 6) is -0.0557. The van der Waals surface area contributed by atoms with Crippen LogP contribution in [0.15, 0.2) is 42.6 Å². The molecule has 194 valence electrons. The summed E-state index contributed by atoms with van der Waals surface area (Å²) in [6, 6.07) is 12.0. The summed E-state index contributed by atoms with van der Waals surface area (Å²) in [5.41, 5.74) is 7.91. The van der Waals surface area contributed by atoms with Gasteiger partial charge in [0.1, 0.15) is 0 Å². The van der Waals surface area contributed by atoms with Crippen LogP contribution < -0.4 is 5.32 Å². The SMILES string of the molecule is CCn1ncc(CN(C)C(=O)c2cc(-c3cc(NCCN(C)C)cc(C)n3)nc3ccc(C)cc23)c1C. The largest absolute Gasteiger partial charge is 0.384 e. The molecule has 0 spiro atoms. The van der Waals surface area contributed by atoms with E-state index < -0.39 is 0 Å². The monoisotopic (exact) mass is 499 g/mol. The topological polar surface area (TPSA) is 79.2 Å². The molecule has 37 heavy (non-hydrogen) atoms. The van der Waals surface area contributed by atoms with E-state index in [4.69, 9.17) is 9.97 Å². The number of fused-ring (bicyclic) bond motifs is 1. The molecule has 3 aromatic heterocycles. The first-order valence-corrected chi connectivity index (χ1v) is 12.7. The Balaban J connectivity index is 1.72. The lowest BCUT2D eigenvalue weighted by atomic mass is 10.0. The summed E-state index contributed by atoms with van der Waals surface area (Å²) in [7, 11) is 5.95. The number of aryl methyl sites for hydroxylation is 3. The van der Waals surface area contributed by atoms with Crippen LogP contribution in [0, 0.1) is 20.8 Å². The third-order valence-electron chi connectivity index (χ3n) is 6.56. The number of nitrogens with one attached hydrogen (secondary N) is 1. The summed E-state index contributed by atoms with van der Waals surface area (Å²) in [6.45, 7) is 11.1. The van der Waals surface area contributed by atoms with Crippen molar-refractivity contribution in [3.05, 3.63) is 70.7 Å². The van der Waals surface area contributed by atoms with E-state index in [1.807, 2.05) is 75.1 Å². The van der Waals surface area contributed by atoms with Crippen LogP contribution >= 0.6 is 0 Å². The average Bonchev–Trinajstić information content (AvgIpc) is 3.21. The van der Waals surface area contributed by atoms with Gasteiger partial charge in [0.25, 0.3) is 5.91 Å². The highest BCUT2D eigenvalue weighted by Gasteiger charge is 2.20. The molecule has 8 nitrogen and oxygen atoms in total. The molecule has 0 aliphatic carbocycles. The van der Waals surface area contributed by atoms with Crippen molar-refractivity contribution >= 4 is 22.5 Å². The third-order valence-corrected chi connectivity index (χ3v) is 6.56. The second kappa shape index (κ2) is 11.1. The molecule has 3 heterocycles. The minimum Gasteiger partial charge on any atom is -0.384 e. The van der Waals surface area contributed by atoms with Gasteiger partial charge in [-0.1, -0.05) is 11.6 Å². The Labute approximate surface area is 219 Å². The Morgan fingerprint density at radius 2 is 1.76 bits per heavy atom. The number of benzene rings is 1. The van der Waals surface area contributed by atoms with Crippen molar-refractivity contribution in [1.29, 1.82) is 0 Å². The zero-order valence-electron chi connectivity index (χ0n) is 23.0. The summed E-state index contributed by atoms with van der Waals surface area (Å²) in [5, 5.41) is 8.75. The minimum absolute atomic E-state index is 0.0557. The molecular weight excluding hydrogens is 462 g/mol. The van der Waals surface area contributed by atoms with Crippen molar-refractivity contribution in [2.45, 2.75) is 40.8 Å². The maximum absolute atomic E-state index is 13.8. The maximum atomic E-state index is 13.8. The van der Waals surface area contributed by atoms with Gasteiger partial charge in [-0.3, -0.25) is 14.5 Å². The molecule has 8 heteroatoms. The summed E-state index contributed by atoms with van der Waals surface area (Å²) >= 11 is 0. The fraction of sp³-hybridized carbons (Fsp3) is 0.379.